The standard InChI is InChI=1S/C18H14BrClF3NO2S/c1-4-12-10(3)16(20)9-17(13(12)5-2)24-27(25,26)11-6-7-15(19)14(8-11)18(21,22)23/h4-9,24H,1-2H2,3H3. The van der Waals surface area contributed by atoms with Crippen molar-refractivity contribution < 1.29 is 21.6 Å². The first-order valence-electron chi connectivity index (χ1n) is 7.40. The lowest BCUT2D eigenvalue weighted by Crippen LogP contribution is -2.16. The van der Waals surface area contributed by atoms with E-state index in [-0.39, 0.29) is 15.2 Å². The van der Waals surface area contributed by atoms with Crippen LogP contribution in [0.4, 0.5) is 18.9 Å². The summed E-state index contributed by atoms with van der Waals surface area (Å²) < 4.78 is 66.6. The molecular formula is C18H14BrClF3NO2S. The Balaban J connectivity index is 2.60. The lowest BCUT2D eigenvalue weighted by atomic mass is 10.00. The summed E-state index contributed by atoms with van der Waals surface area (Å²) in [5.41, 5.74) is 0.660. The molecule has 0 radical (unpaired) electrons. The van der Waals surface area contributed by atoms with E-state index < -0.39 is 26.7 Å². The van der Waals surface area contributed by atoms with Crippen LogP contribution in [0.15, 0.2) is 46.8 Å². The molecule has 1 N–H and O–H groups in total. The van der Waals surface area contributed by atoms with Crippen molar-refractivity contribution in [3.05, 3.63) is 69.2 Å². The molecule has 0 fully saturated rings. The lowest BCUT2D eigenvalue weighted by Gasteiger charge is -2.17. The van der Waals surface area contributed by atoms with Crippen LogP contribution in [-0.4, -0.2) is 8.42 Å². The largest absolute Gasteiger partial charge is 0.417 e. The summed E-state index contributed by atoms with van der Waals surface area (Å²) in [4.78, 5) is -0.537. The Hall–Kier alpha value is -1.77. The van der Waals surface area contributed by atoms with E-state index in [1.165, 1.54) is 18.2 Å². The molecule has 0 saturated heterocycles. The molecule has 0 aliphatic rings. The monoisotopic (exact) mass is 479 g/mol. The van der Waals surface area contributed by atoms with Gasteiger partial charge in [0.15, 0.2) is 0 Å². The minimum atomic E-state index is -4.71. The molecule has 27 heavy (non-hydrogen) atoms. The van der Waals surface area contributed by atoms with Crippen LogP contribution >= 0.6 is 27.5 Å². The van der Waals surface area contributed by atoms with Gasteiger partial charge in [0.1, 0.15) is 0 Å². The number of anilines is 1. The Kier molecular flexibility index (Phi) is 6.13. The summed E-state index contributed by atoms with van der Waals surface area (Å²) in [5.74, 6) is 0. The van der Waals surface area contributed by atoms with Crippen LogP contribution in [0.2, 0.25) is 5.02 Å². The first kappa shape index (κ1) is 21.5. The lowest BCUT2D eigenvalue weighted by molar-refractivity contribution is -0.138. The molecule has 2 aromatic rings. The van der Waals surface area contributed by atoms with Crippen LogP contribution in [0.1, 0.15) is 22.3 Å². The highest BCUT2D eigenvalue weighted by Gasteiger charge is 2.34. The van der Waals surface area contributed by atoms with Crippen molar-refractivity contribution in [3.63, 3.8) is 0 Å². The van der Waals surface area contributed by atoms with Crippen molar-refractivity contribution in [2.75, 3.05) is 4.72 Å². The third-order valence-electron chi connectivity index (χ3n) is 3.82. The van der Waals surface area contributed by atoms with E-state index in [4.69, 9.17) is 11.6 Å². The fourth-order valence-electron chi connectivity index (χ4n) is 2.45. The molecule has 0 aromatic heterocycles. The van der Waals surface area contributed by atoms with Gasteiger partial charge in [0, 0.05) is 15.1 Å². The number of hydrogen-bond donors (Lipinski definition) is 1. The van der Waals surface area contributed by atoms with E-state index in [0.29, 0.717) is 22.8 Å². The second-order valence-electron chi connectivity index (χ2n) is 5.51. The predicted molar refractivity (Wildman–Crippen MR) is 106 cm³/mol. The van der Waals surface area contributed by atoms with Gasteiger partial charge in [-0.3, -0.25) is 4.72 Å². The van der Waals surface area contributed by atoms with Gasteiger partial charge in [0.05, 0.1) is 16.1 Å². The van der Waals surface area contributed by atoms with E-state index in [1.807, 2.05) is 0 Å². The molecule has 0 atom stereocenters. The molecule has 0 aliphatic heterocycles. The van der Waals surface area contributed by atoms with Crippen molar-refractivity contribution in [1.29, 1.82) is 0 Å². The second kappa shape index (κ2) is 7.69. The highest BCUT2D eigenvalue weighted by molar-refractivity contribution is 9.10. The smallest absolute Gasteiger partial charge is 0.279 e. The molecule has 2 aromatic carbocycles. The zero-order valence-electron chi connectivity index (χ0n) is 14.0. The Labute approximate surface area is 168 Å². The van der Waals surface area contributed by atoms with Crippen molar-refractivity contribution in [3.8, 4) is 0 Å². The van der Waals surface area contributed by atoms with E-state index in [2.05, 4.69) is 33.8 Å². The van der Waals surface area contributed by atoms with Gasteiger partial charge in [-0.1, -0.05) is 52.8 Å². The van der Waals surface area contributed by atoms with Crippen LogP contribution in [0.25, 0.3) is 12.2 Å². The quantitative estimate of drug-likeness (QED) is 0.530. The van der Waals surface area contributed by atoms with E-state index in [0.717, 1.165) is 12.1 Å². The highest BCUT2D eigenvalue weighted by atomic mass is 79.9. The van der Waals surface area contributed by atoms with Crippen molar-refractivity contribution in [1.82, 2.24) is 0 Å². The summed E-state index contributed by atoms with van der Waals surface area (Å²) in [7, 11) is -4.31. The molecule has 9 heteroatoms. The fourth-order valence-corrected chi connectivity index (χ4v) is 4.23. The Morgan fingerprint density at radius 1 is 1.15 bits per heavy atom. The average Bonchev–Trinajstić information content (AvgIpc) is 2.56. The average molecular weight is 481 g/mol. The molecule has 0 saturated carbocycles. The van der Waals surface area contributed by atoms with Gasteiger partial charge in [0.25, 0.3) is 10.0 Å². The maximum atomic E-state index is 13.1. The highest BCUT2D eigenvalue weighted by Crippen LogP contribution is 2.37. The van der Waals surface area contributed by atoms with Crippen LogP contribution in [0.5, 0.6) is 0 Å². The van der Waals surface area contributed by atoms with Crippen molar-refractivity contribution in [2.24, 2.45) is 0 Å². The summed E-state index contributed by atoms with van der Waals surface area (Å²) in [6.07, 6.45) is -1.79. The first-order valence-corrected chi connectivity index (χ1v) is 10.0. The van der Waals surface area contributed by atoms with E-state index in [1.54, 1.807) is 6.92 Å². The van der Waals surface area contributed by atoms with Gasteiger partial charge in [-0.15, -0.1) is 0 Å². The summed E-state index contributed by atoms with van der Waals surface area (Å²) >= 11 is 8.92. The number of alkyl halides is 3. The summed E-state index contributed by atoms with van der Waals surface area (Å²) in [5, 5.41) is 0.278. The molecule has 0 heterocycles. The fraction of sp³-hybridized carbons (Fsp3) is 0.111. The first-order chi connectivity index (χ1) is 12.4. The van der Waals surface area contributed by atoms with Gasteiger partial charge in [0.2, 0.25) is 0 Å². The molecule has 0 spiro atoms. The summed E-state index contributed by atoms with van der Waals surface area (Å²) in [6, 6.07) is 4.04. The molecule has 144 valence electrons. The van der Waals surface area contributed by atoms with Gasteiger partial charge in [-0.25, -0.2) is 8.42 Å². The number of halogens is 5. The molecule has 3 nitrogen and oxygen atoms in total. The van der Waals surface area contributed by atoms with Crippen LogP contribution < -0.4 is 4.72 Å². The molecule has 0 aliphatic carbocycles. The molecule has 0 unspecified atom stereocenters. The van der Waals surface area contributed by atoms with E-state index in [9.17, 15) is 21.6 Å². The third kappa shape index (κ3) is 4.39. The van der Waals surface area contributed by atoms with Crippen LogP contribution in [0, 0.1) is 6.92 Å². The SMILES string of the molecule is C=Cc1c(NS(=O)(=O)c2ccc(Br)c(C(F)(F)F)c2)cc(Cl)c(C)c1C=C. The van der Waals surface area contributed by atoms with Gasteiger partial charge in [-0.2, -0.15) is 13.2 Å². The van der Waals surface area contributed by atoms with Crippen LogP contribution in [0.3, 0.4) is 0 Å². The minimum absolute atomic E-state index is 0.0898. The minimum Gasteiger partial charge on any atom is -0.279 e. The van der Waals surface area contributed by atoms with Crippen LogP contribution in [-0.2, 0) is 16.2 Å². The second-order valence-corrected chi connectivity index (χ2v) is 8.46. The molecule has 2 rings (SSSR count). The van der Waals surface area contributed by atoms with Crippen molar-refractivity contribution in [2.45, 2.75) is 18.0 Å². The number of rotatable bonds is 5. The number of benzene rings is 2. The van der Waals surface area contributed by atoms with Gasteiger partial charge < -0.3 is 0 Å². The predicted octanol–water partition coefficient (Wildman–Crippen LogP) is 6.52. The normalized spacial score (nSPS) is 11.9. The number of nitrogens with one attached hydrogen (secondary N) is 1. The Morgan fingerprint density at radius 2 is 1.74 bits per heavy atom. The maximum absolute atomic E-state index is 13.1. The third-order valence-corrected chi connectivity index (χ3v) is 6.27. The van der Waals surface area contributed by atoms with Crippen molar-refractivity contribution >= 4 is 55.4 Å². The topological polar surface area (TPSA) is 46.2 Å². The summed E-state index contributed by atoms with van der Waals surface area (Å²) in [6.45, 7) is 9.05. The number of hydrogen-bond acceptors (Lipinski definition) is 2. The zero-order valence-corrected chi connectivity index (χ0v) is 17.2. The number of sulfonamides is 1. The Morgan fingerprint density at radius 3 is 2.26 bits per heavy atom. The van der Waals surface area contributed by atoms with E-state index >= 15 is 0 Å². The molecular weight excluding hydrogens is 467 g/mol. The molecule has 0 amide bonds. The molecule has 0 bridgehead atoms. The zero-order chi connectivity index (χ0) is 20.6. The maximum Gasteiger partial charge on any atom is 0.417 e. The van der Waals surface area contributed by atoms with Gasteiger partial charge in [-0.05, 0) is 42.3 Å². The Bertz CT molecular complexity index is 1030. The van der Waals surface area contributed by atoms with Gasteiger partial charge >= 0.3 is 6.18 Å².